The third-order valence-corrected chi connectivity index (χ3v) is 6.36. The molecule has 0 spiro atoms. The van der Waals surface area contributed by atoms with Gasteiger partial charge < -0.3 is 9.52 Å². The van der Waals surface area contributed by atoms with Crippen molar-refractivity contribution in [2.24, 2.45) is 0 Å². The molecule has 0 saturated heterocycles. The second-order valence-corrected chi connectivity index (χ2v) is 9.33. The summed E-state index contributed by atoms with van der Waals surface area (Å²) in [7, 11) is 0. The molecule has 0 fully saturated rings. The molecule has 0 amide bonds. The minimum atomic E-state index is -0.489. The van der Waals surface area contributed by atoms with Crippen molar-refractivity contribution in [1.82, 2.24) is 0 Å². The molecular weight excluding hydrogens is 380 g/mol. The van der Waals surface area contributed by atoms with Crippen molar-refractivity contribution < 1.29 is 9.52 Å². The van der Waals surface area contributed by atoms with Gasteiger partial charge in [-0.25, -0.2) is 4.79 Å². The third kappa shape index (κ3) is 5.13. The lowest BCUT2D eigenvalue weighted by atomic mass is 9.83. The van der Waals surface area contributed by atoms with Crippen LogP contribution in [0, 0.1) is 0 Å². The molecule has 2 aromatic carbocycles. The molecule has 3 rings (SSSR count). The summed E-state index contributed by atoms with van der Waals surface area (Å²) in [6.07, 6.45) is 1.68. The van der Waals surface area contributed by atoms with E-state index < -0.39 is 5.63 Å². The molecule has 1 N–H and O–H groups in total. The molecule has 3 aromatic rings. The zero-order valence-corrected chi connectivity index (χ0v) is 18.3. The Morgan fingerprint density at radius 3 is 2.34 bits per heavy atom. The van der Waals surface area contributed by atoms with Crippen LogP contribution in [0.25, 0.3) is 0 Å². The maximum atomic E-state index is 12.7. The molecule has 29 heavy (non-hydrogen) atoms. The maximum Gasteiger partial charge on any atom is 0.353 e. The smallest absolute Gasteiger partial charge is 0.353 e. The Morgan fingerprint density at radius 1 is 1.03 bits per heavy atom. The van der Waals surface area contributed by atoms with E-state index in [1.165, 1.54) is 17.3 Å². The predicted octanol–water partition coefficient (Wildman–Crippen LogP) is 6.53. The number of hydrogen-bond donors (Lipinski definition) is 1. The molecule has 0 bridgehead atoms. The van der Waals surface area contributed by atoms with Crippen LogP contribution in [0.4, 0.5) is 0 Å². The molecule has 0 saturated carbocycles. The van der Waals surface area contributed by atoms with E-state index >= 15 is 0 Å². The van der Waals surface area contributed by atoms with E-state index in [1.54, 1.807) is 6.07 Å². The predicted molar refractivity (Wildman–Crippen MR) is 119 cm³/mol. The number of benzene rings is 2. The Labute approximate surface area is 176 Å². The second kappa shape index (κ2) is 8.91. The molecule has 4 heteroatoms. The van der Waals surface area contributed by atoms with Crippen LogP contribution in [0.5, 0.6) is 5.75 Å². The van der Waals surface area contributed by atoms with Gasteiger partial charge in [0.2, 0.25) is 0 Å². The second-order valence-electron chi connectivity index (χ2n) is 8.28. The lowest BCUT2D eigenvalue weighted by Crippen LogP contribution is -2.21. The highest BCUT2D eigenvalue weighted by Gasteiger charge is 2.26. The first kappa shape index (κ1) is 21.3. The zero-order chi connectivity index (χ0) is 21.0. The highest BCUT2D eigenvalue weighted by molar-refractivity contribution is 7.99. The fourth-order valence-electron chi connectivity index (χ4n) is 3.28. The number of aromatic hydroxyl groups is 1. The van der Waals surface area contributed by atoms with Crippen LogP contribution >= 0.6 is 11.8 Å². The summed E-state index contributed by atoms with van der Waals surface area (Å²) in [5, 5.41) is 10.6. The van der Waals surface area contributed by atoms with Crippen LogP contribution in [0.2, 0.25) is 0 Å². The molecule has 0 aliphatic heterocycles. The van der Waals surface area contributed by atoms with Crippen LogP contribution in [0.1, 0.15) is 56.9 Å². The van der Waals surface area contributed by atoms with E-state index in [2.05, 4.69) is 26.0 Å². The van der Waals surface area contributed by atoms with Gasteiger partial charge in [0, 0.05) is 16.4 Å². The van der Waals surface area contributed by atoms with Crippen molar-refractivity contribution in [3.8, 4) is 5.75 Å². The summed E-state index contributed by atoms with van der Waals surface area (Å²) in [6.45, 7) is 8.29. The molecule has 1 heterocycles. The van der Waals surface area contributed by atoms with Crippen molar-refractivity contribution in [1.29, 1.82) is 0 Å². The van der Waals surface area contributed by atoms with Gasteiger partial charge in [-0.3, -0.25) is 0 Å². The Kier molecular flexibility index (Phi) is 6.53. The first-order valence-electron chi connectivity index (χ1n) is 9.96. The lowest BCUT2D eigenvalue weighted by Gasteiger charge is -2.23. The number of rotatable bonds is 7. The number of aryl methyl sites for hydroxylation is 1. The summed E-state index contributed by atoms with van der Waals surface area (Å²) in [6, 6.07) is 19.8. The summed E-state index contributed by atoms with van der Waals surface area (Å²) < 4.78 is 5.68. The monoisotopic (exact) mass is 408 g/mol. The average Bonchev–Trinajstić information content (AvgIpc) is 2.70. The van der Waals surface area contributed by atoms with Gasteiger partial charge in [0.1, 0.15) is 16.4 Å². The Bertz CT molecular complexity index is 1020. The van der Waals surface area contributed by atoms with Crippen LogP contribution in [0.15, 0.2) is 79.7 Å². The molecular formula is C25H28O3S. The van der Waals surface area contributed by atoms with Gasteiger partial charge in [0.25, 0.3) is 0 Å². The topological polar surface area (TPSA) is 50.4 Å². The molecule has 1 aromatic heterocycles. The highest BCUT2D eigenvalue weighted by Crippen LogP contribution is 2.38. The van der Waals surface area contributed by atoms with E-state index in [9.17, 15) is 9.90 Å². The lowest BCUT2D eigenvalue weighted by molar-refractivity contribution is 0.323. The van der Waals surface area contributed by atoms with E-state index in [4.69, 9.17) is 4.42 Å². The van der Waals surface area contributed by atoms with Crippen LogP contribution < -0.4 is 5.63 Å². The van der Waals surface area contributed by atoms with Crippen molar-refractivity contribution in [3.05, 3.63) is 88.0 Å². The number of hydrogen-bond acceptors (Lipinski definition) is 4. The molecule has 0 radical (unpaired) electrons. The van der Waals surface area contributed by atoms with Crippen molar-refractivity contribution in [2.45, 2.75) is 61.7 Å². The van der Waals surface area contributed by atoms with Gasteiger partial charge in [-0.2, -0.15) is 0 Å². The Hall–Kier alpha value is -2.46. The van der Waals surface area contributed by atoms with Crippen molar-refractivity contribution in [2.75, 3.05) is 0 Å². The Morgan fingerprint density at radius 2 is 1.69 bits per heavy atom. The van der Waals surface area contributed by atoms with Crippen molar-refractivity contribution >= 4 is 11.8 Å². The summed E-state index contributed by atoms with van der Waals surface area (Å²) in [4.78, 5) is 13.9. The Balaban J connectivity index is 1.85. The third-order valence-electron chi connectivity index (χ3n) is 5.19. The van der Waals surface area contributed by atoms with E-state index in [0.29, 0.717) is 11.7 Å². The molecule has 152 valence electrons. The standard InChI is InChI=1S/C25H28O3S/c1-17(2)19-12-8-9-13-21(19)29-23-20(26)16-22(28-24(23)27)25(3,4)15-14-18-10-6-5-7-11-18/h5-13,16-17,26H,14-15H2,1-4H3. The quantitative estimate of drug-likeness (QED) is 0.483. The van der Waals surface area contributed by atoms with E-state index in [-0.39, 0.29) is 16.1 Å². The fraction of sp³-hybridized carbons (Fsp3) is 0.320. The van der Waals surface area contributed by atoms with Crippen LogP contribution in [-0.2, 0) is 11.8 Å². The van der Waals surface area contributed by atoms with E-state index in [1.807, 2.05) is 56.3 Å². The maximum absolute atomic E-state index is 12.7. The normalized spacial score (nSPS) is 11.8. The van der Waals surface area contributed by atoms with Gasteiger partial charge in [-0.15, -0.1) is 0 Å². The first-order chi connectivity index (χ1) is 13.8. The van der Waals surface area contributed by atoms with Gasteiger partial charge in [-0.1, -0.05) is 88.0 Å². The van der Waals surface area contributed by atoms with Gasteiger partial charge in [0.15, 0.2) is 0 Å². The van der Waals surface area contributed by atoms with Gasteiger partial charge >= 0.3 is 5.63 Å². The summed E-state index contributed by atoms with van der Waals surface area (Å²) >= 11 is 1.27. The molecule has 3 nitrogen and oxygen atoms in total. The zero-order valence-electron chi connectivity index (χ0n) is 17.4. The SMILES string of the molecule is CC(C)c1ccccc1Sc1c(O)cc(C(C)(C)CCc2ccccc2)oc1=O. The molecule has 0 aliphatic rings. The van der Waals surface area contributed by atoms with Crippen LogP contribution in [0.3, 0.4) is 0 Å². The minimum absolute atomic E-state index is 0.0207. The molecule has 0 aliphatic carbocycles. The fourth-order valence-corrected chi connectivity index (χ4v) is 4.36. The van der Waals surface area contributed by atoms with Gasteiger partial charge in [0.05, 0.1) is 0 Å². The van der Waals surface area contributed by atoms with Crippen LogP contribution in [-0.4, -0.2) is 5.11 Å². The van der Waals surface area contributed by atoms with Crippen molar-refractivity contribution in [3.63, 3.8) is 0 Å². The average molecular weight is 409 g/mol. The first-order valence-corrected chi connectivity index (χ1v) is 10.8. The summed E-state index contributed by atoms with van der Waals surface area (Å²) in [5.41, 5.74) is 1.52. The minimum Gasteiger partial charge on any atom is -0.506 e. The largest absolute Gasteiger partial charge is 0.506 e. The highest BCUT2D eigenvalue weighted by atomic mass is 32.2. The van der Waals surface area contributed by atoms with E-state index in [0.717, 1.165) is 23.3 Å². The molecule has 0 unspecified atom stereocenters. The summed E-state index contributed by atoms with van der Waals surface area (Å²) in [5.74, 6) is 0.814. The van der Waals surface area contributed by atoms with Gasteiger partial charge in [-0.05, 0) is 36.0 Å². The molecule has 0 atom stereocenters.